The Morgan fingerprint density at radius 2 is 2.31 bits per heavy atom. The van der Waals surface area contributed by atoms with E-state index in [1.54, 1.807) is 19.3 Å². The highest BCUT2D eigenvalue weighted by Crippen LogP contribution is 2.08. The molecule has 1 aromatic rings. The molecule has 0 saturated heterocycles. The summed E-state index contributed by atoms with van der Waals surface area (Å²) in [4.78, 5) is 15.3. The summed E-state index contributed by atoms with van der Waals surface area (Å²) in [5.74, 6) is -0.285. The Labute approximate surface area is 77.8 Å². The summed E-state index contributed by atoms with van der Waals surface area (Å²) in [6, 6.07) is 1.84. The van der Waals surface area contributed by atoms with Gasteiger partial charge < -0.3 is 4.74 Å². The van der Waals surface area contributed by atoms with Crippen molar-refractivity contribution in [2.45, 2.75) is 20.3 Å². The summed E-state index contributed by atoms with van der Waals surface area (Å²) in [6.45, 7) is 4.19. The molecule has 1 rings (SSSR count). The minimum absolute atomic E-state index is 0.285. The number of aryl methyl sites for hydroxylation is 1. The second kappa shape index (κ2) is 4.60. The summed E-state index contributed by atoms with van der Waals surface area (Å²) in [5, 5.41) is 0. The minimum Gasteiger partial charge on any atom is -0.462 e. The van der Waals surface area contributed by atoms with Gasteiger partial charge in [0.1, 0.15) is 0 Å². The molecule has 0 spiro atoms. The molecule has 1 aromatic heterocycles. The number of pyridine rings is 1. The number of esters is 1. The van der Waals surface area contributed by atoms with Gasteiger partial charge in [-0.1, -0.05) is 6.92 Å². The number of hydrogen-bond acceptors (Lipinski definition) is 3. The molecule has 0 N–H and O–H groups in total. The second-order valence-electron chi connectivity index (χ2n) is 2.61. The zero-order chi connectivity index (χ0) is 9.68. The van der Waals surface area contributed by atoms with Crippen LogP contribution in [0.25, 0.3) is 0 Å². The molecular weight excluding hydrogens is 166 g/mol. The van der Waals surface area contributed by atoms with Crippen LogP contribution in [0.4, 0.5) is 0 Å². The maximum Gasteiger partial charge on any atom is 0.339 e. The monoisotopic (exact) mass is 179 g/mol. The molecule has 3 nitrogen and oxygen atoms in total. The Balaban J connectivity index is 2.92. The Bertz CT molecular complexity index is 297. The van der Waals surface area contributed by atoms with Gasteiger partial charge in [-0.05, 0) is 25.0 Å². The molecule has 0 saturated carbocycles. The van der Waals surface area contributed by atoms with Crippen LogP contribution in [0.15, 0.2) is 18.5 Å². The predicted molar refractivity (Wildman–Crippen MR) is 49.6 cm³/mol. The van der Waals surface area contributed by atoms with Crippen LogP contribution in [-0.2, 0) is 11.2 Å². The average Bonchev–Trinajstić information content (AvgIpc) is 2.18. The number of carbonyl (C=O) groups is 1. The van der Waals surface area contributed by atoms with E-state index in [1.165, 1.54) is 0 Å². The van der Waals surface area contributed by atoms with E-state index in [0.29, 0.717) is 12.2 Å². The van der Waals surface area contributed by atoms with E-state index in [0.717, 1.165) is 12.0 Å². The van der Waals surface area contributed by atoms with Gasteiger partial charge in [0, 0.05) is 12.4 Å². The molecule has 0 bridgehead atoms. The standard InChI is InChI=1S/C10H13NO2/c1-3-8-5-6-11-7-9(8)10(12)13-4-2/h5-7H,3-4H2,1-2H3. The number of rotatable bonds is 3. The van der Waals surface area contributed by atoms with E-state index < -0.39 is 0 Å². The fraction of sp³-hybridized carbons (Fsp3) is 0.400. The van der Waals surface area contributed by atoms with Gasteiger partial charge >= 0.3 is 5.97 Å². The molecule has 0 amide bonds. The molecule has 3 heteroatoms. The largest absolute Gasteiger partial charge is 0.462 e. The summed E-state index contributed by atoms with van der Waals surface area (Å²) < 4.78 is 4.89. The zero-order valence-electron chi connectivity index (χ0n) is 7.91. The van der Waals surface area contributed by atoms with Crippen LogP contribution >= 0.6 is 0 Å². The van der Waals surface area contributed by atoms with Crippen molar-refractivity contribution in [3.05, 3.63) is 29.6 Å². The molecule has 0 atom stereocenters. The molecule has 1 heterocycles. The molecule has 0 fully saturated rings. The molecule has 0 aliphatic heterocycles. The van der Waals surface area contributed by atoms with Gasteiger partial charge in [-0.3, -0.25) is 4.98 Å². The van der Waals surface area contributed by atoms with Gasteiger partial charge in [0.15, 0.2) is 0 Å². The van der Waals surface area contributed by atoms with Crippen molar-refractivity contribution in [2.75, 3.05) is 6.61 Å². The second-order valence-corrected chi connectivity index (χ2v) is 2.61. The maximum atomic E-state index is 11.4. The molecule has 70 valence electrons. The van der Waals surface area contributed by atoms with Crippen LogP contribution in [-0.4, -0.2) is 17.6 Å². The van der Waals surface area contributed by atoms with Gasteiger partial charge in [-0.15, -0.1) is 0 Å². The van der Waals surface area contributed by atoms with Crippen LogP contribution in [0.2, 0.25) is 0 Å². The zero-order valence-corrected chi connectivity index (χ0v) is 7.91. The van der Waals surface area contributed by atoms with E-state index in [4.69, 9.17) is 4.74 Å². The molecule has 0 aromatic carbocycles. The Kier molecular flexibility index (Phi) is 3.43. The number of hydrogen-bond donors (Lipinski definition) is 0. The highest BCUT2D eigenvalue weighted by atomic mass is 16.5. The molecular formula is C10H13NO2. The minimum atomic E-state index is -0.285. The first-order valence-corrected chi connectivity index (χ1v) is 4.39. The fourth-order valence-electron chi connectivity index (χ4n) is 1.12. The third-order valence-corrected chi connectivity index (χ3v) is 1.79. The Morgan fingerprint density at radius 1 is 1.54 bits per heavy atom. The first kappa shape index (κ1) is 9.71. The smallest absolute Gasteiger partial charge is 0.339 e. The lowest BCUT2D eigenvalue weighted by Crippen LogP contribution is -2.08. The lowest BCUT2D eigenvalue weighted by molar-refractivity contribution is 0.0524. The van der Waals surface area contributed by atoms with E-state index >= 15 is 0 Å². The Morgan fingerprint density at radius 3 is 2.92 bits per heavy atom. The van der Waals surface area contributed by atoms with Gasteiger partial charge in [-0.2, -0.15) is 0 Å². The van der Waals surface area contributed by atoms with Crippen LogP contribution in [0.3, 0.4) is 0 Å². The van der Waals surface area contributed by atoms with Crippen molar-refractivity contribution < 1.29 is 9.53 Å². The summed E-state index contributed by atoms with van der Waals surface area (Å²) in [6.07, 6.45) is 4.05. The van der Waals surface area contributed by atoms with E-state index in [-0.39, 0.29) is 5.97 Å². The molecule has 0 radical (unpaired) electrons. The quantitative estimate of drug-likeness (QED) is 0.664. The van der Waals surface area contributed by atoms with E-state index in [2.05, 4.69) is 4.98 Å². The van der Waals surface area contributed by atoms with Crippen LogP contribution in [0.1, 0.15) is 29.8 Å². The number of nitrogens with zero attached hydrogens (tertiary/aromatic N) is 1. The molecule has 0 aliphatic carbocycles. The van der Waals surface area contributed by atoms with Crippen molar-refractivity contribution in [1.82, 2.24) is 4.98 Å². The van der Waals surface area contributed by atoms with Crippen LogP contribution in [0.5, 0.6) is 0 Å². The van der Waals surface area contributed by atoms with E-state index in [1.807, 2.05) is 13.0 Å². The van der Waals surface area contributed by atoms with E-state index in [9.17, 15) is 4.79 Å². The number of ether oxygens (including phenoxy) is 1. The van der Waals surface area contributed by atoms with Crippen molar-refractivity contribution in [1.29, 1.82) is 0 Å². The van der Waals surface area contributed by atoms with Gasteiger partial charge in [-0.25, -0.2) is 4.79 Å². The first-order valence-electron chi connectivity index (χ1n) is 4.39. The van der Waals surface area contributed by atoms with Crippen LogP contribution in [0, 0.1) is 0 Å². The third kappa shape index (κ3) is 2.28. The summed E-state index contributed by atoms with van der Waals surface area (Å²) in [7, 11) is 0. The maximum absolute atomic E-state index is 11.4. The van der Waals surface area contributed by atoms with Crippen LogP contribution < -0.4 is 0 Å². The first-order chi connectivity index (χ1) is 6.29. The van der Waals surface area contributed by atoms with Gasteiger partial charge in [0.05, 0.1) is 12.2 Å². The highest BCUT2D eigenvalue weighted by Gasteiger charge is 2.10. The SMILES string of the molecule is CCOC(=O)c1cnccc1CC. The van der Waals surface area contributed by atoms with Crippen molar-refractivity contribution in [3.63, 3.8) is 0 Å². The van der Waals surface area contributed by atoms with Crippen molar-refractivity contribution in [3.8, 4) is 0 Å². The number of aromatic nitrogens is 1. The Hall–Kier alpha value is -1.38. The molecule has 13 heavy (non-hydrogen) atoms. The van der Waals surface area contributed by atoms with Gasteiger partial charge in [0.2, 0.25) is 0 Å². The molecule has 0 unspecified atom stereocenters. The summed E-state index contributed by atoms with van der Waals surface area (Å²) in [5.41, 5.74) is 1.56. The lowest BCUT2D eigenvalue weighted by atomic mass is 10.1. The predicted octanol–water partition coefficient (Wildman–Crippen LogP) is 1.82. The summed E-state index contributed by atoms with van der Waals surface area (Å²) >= 11 is 0. The fourth-order valence-corrected chi connectivity index (χ4v) is 1.12. The van der Waals surface area contributed by atoms with Crippen molar-refractivity contribution in [2.24, 2.45) is 0 Å². The lowest BCUT2D eigenvalue weighted by Gasteiger charge is -2.05. The number of carbonyl (C=O) groups excluding carboxylic acids is 1. The average molecular weight is 179 g/mol. The highest BCUT2D eigenvalue weighted by molar-refractivity contribution is 5.90. The third-order valence-electron chi connectivity index (χ3n) is 1.79. The van der Waals surface area contributed by atoms with Gasteiger partial charge in [0.25, 0.3) is 0 Å². The topological polar surface area (TPSA) is 39.2 Å². The molecule has 0 aliphatic rings. The van der Waals surface area contributed by atoms with Crippen molar-refractivity contribution >= 4 is 5.97 Å². The normalized spacial score (nSPS) is 9.69.